The molecular weight excluding hydrogens is 390 g/mol. The van der Waals surface area contributed by atoms with Crippen LogP contribution in [0.15, 0.2) is 54.6 Å². The van der Waals surface area contributed by atoms with Crippen LogP contribution in [0.25, 0.3) is 0 Å². The minimum Gasteiger partial charge on any atom is -0.497 e. The summed E-state index contributed by atoms with van der Waals surface area (Å²) < 4.78 is 12.0. The zero-order valence-corrected chi connectivity index (χ0v) is 20.1. The molecular formula is C25H35NO3Si. The Morgan fingerprint density at radius 2 is 1.63 bits per heavy atom. The van der Waals surface area contributed by atoms with Crippen molar-refractivity contribution in [1.82, 2.24) is 4.90 Å². The first-order chi connectivity index (χ1) is 14.1. The largest absolute Gasteiger partial charge is 0.497 e. The number of carbonyl (C=O) groups is 1. The number of ether oxygens (including phenoxy) is 1. The molecule has 0 saturated carbocycles. The molecule has 1 aliphatic rings. The fourth-order valence-electron chi connectivity index (χ4n) is 3.72. The van der Waals surface area contributed by atoms with Gasteiger partial charge < -0.3 is 14.1 Å². The number of hydrogen-bond donors (Lipinski definition) is 0. The predicted molar refractivity (Wildman–Crippen MR) is 124 cm³/mol. The summed E-state index contributed by atoms with van der Waals surface area (Å²) in [6.07, 6.45) is 1.19. The van der Waals surface area contributed by atoms with E-state index in [2.05, 4.69) is 58.1 Å². The number of amides is 1. The maximum absolute atomic E-state index is 13.1. The summed E-state index contributed by atoms with van der Waals surface area (Å²) in [5.74, 6) is 1.00. The van der Waals surface area contributed by atoms with E-state index in [1.165, 1.54) is 5.56 Å². The third-order valence-electron chi connectivity index (χ3n) is 6.58. The van der Waals surface area contributed by atoms with Crippen molar-refractivity contribution in [3.8, 4) is 5.75 Å². The smallest absolute Gasteiger partial charge is 0.225 e. The standard InChI is InChI=1S/C25H35NO3Si/c1-25(2,3)30(5,6)29-23-17-24(27)26(18-20-12-14-21(28-4)15-13-20)22(23)16-19-10-8-7-9-11-19/h7-15,22-23H,16-18H2,1-6H3/t22-,23-/m0/s1. The van der Waals surface area contributed by atoms with Gasteiger partial charge in [-0.25, -0.2) is 0 Å². The van der Waals surface area contributed by atoms with Gasteiger partial charge in [0.15, 0.2) is 8.32 Å². The van der Waals surface area contributed by atoms with Crippen molar-refractivity contribution in [2.45, 2.75) is 70.4 Å². The van der Waals surface area contributed by atoms with Crippen LogP contribution in [0.1, 0.15) is 38.3 Å². The maximum Gasteiger partial charge on any atom is 0.225 e. The van der Waals surface area contributed by atoms with Crippen molar-refractivity contribution in [2.75, 3.05) is 7.11 Å². The number of hydrogen-bond acceptors (Lipinski definition) is 3. The lowest BCUT2D eigenvalue weighted by Gasteiger charge is -2.40. The zero-order valence-electron chi connectivity index (χ0n) is 19.1. The third-order valence-corrected chi connectivity index (χ3v) is 11.1. The van der Waals surface area contributed by atoms with Crippen LogP contribution in [0.4, 0.5) is 0 Å². The molecule has 0 aliphatic carbocycles. The highest BCUT2D eigenvalue weighted by Gasteiger charge is 2.46. The van der Waals surface area contributed by atoms with E-state index in [1.807, 2.05) is 35.2 Å². The number of carbonyl (C=O) groups excluding carboxylic acids is 1. The molecule has 2 atom stereocenters. The van der Waals surface area contributed by atoms with Gasteiger partial charge in [-0.2, -0.15) is 0 Å². The van der Waals surface area contributed by atoms with Gasteiger partial charge in [0.25, 0.3) is 0 Å². The molecule has 3 rings (SSSR count). The highest BCUT2D eigenvalue weighted by atomic mass is 28.4. The summed E-state index contributed by atoms with van der Waals surface area (Å²) in [7, 11) is -0.324. The monoisotopic (exact) mass is 425 g/mol. The predicted octanol–water partition coefficient (Wildman–Crippen LogP) is 5.43. The van der Waals surface area contributed by atoms with Crippen LogP contribution in [-0.2, 0) is 22.2 Å². The number of methoxy groups -OCH3 is 1. The molecule has 0 unspecified atom stereocenters. The molecule has 1 amide bonds. The average molecular weight is 426 g/mol. The van der Waals surface area contributed by atoms with Gasteiger partial charge in [-0.1, -0.05) is 63.2 Å². The molecule has 0 N–H and O–H groups in total. The van der Waals surface area contributed by atoms with E-state index in [4.69, 9.17) is 9.16 Å². The van der Waals surface area contributed by atoms with E-state index in [9.17, 15) is 4.79 Å². The quantitative estimate of drug-likeness (QED) is 0.555. The van der Waals surface area contributed by atoms with Crippen LogP contribution in [0, 0.1) is 0 Å². The van der Waals surface area contributed by atoms with Gasteiger partial charge in [0.1, 0.15) is 5.75 Å². The number of benzene rings is 2. The summed E-state index contributed by atoms with van der Waals surface area (Å²) in [5.41, 5.74) is 2.34. The van der Waals surface area contributed by atoms with E-state index < -0.39 is 8.32 Å². The topological polar surface area (TPSA) is 38.8 Å². The van der Waals surface area contributed by atoms with Gasteiger partial charge >= 0.3 is 0 Å². The van der Waals surface area contributed by atoms with Crippen molar-refractivity contribution in [3.05, 3.63) is 65.7 Å². The molecule has 2 aromatic carbocycles. The Labute approximate surface area is 182 Å². The maximum atomic E-state index is 13.1. The minimum absolute atomic E-state index is 0.0381. The number of likely N-dealkylation sites (tertiary alicyclic amines) is 1. The van der Waals surface area contributed by atoms with Crippen LogP contribution in [0.2, 0.25) is 18.1 Å². The summed E-state index contributed by atoms with van der Waals surface area (Å²) in [6.45, 7) is 11.9. The normalized spacial score (nSPS) is 19.9. The first-order valence-corrected chi connectivity index (χ1v) is 13.7. The number of nitrogens with zero attached hydrogens (tertiary/aromatic N) is 1. The van der Waals surface area contributed by atoms with Gasteiger partial charge in [-0.3, -0.25) is 4.79 Å². The SMILES string of the molecule is COc1ccc(CN2C(=O)C[C@H](O[Si](C)(C)C(C)(C)C)[C@@H]2Cc2ccccc2)cc1. The molecule has 0 radical (unpaired) electrons. The molecule has 30 heavy (non-hydrogen) atoms. The molecule has 2 aromatic rings. The highest BCUT2D eigenvalue weighted by Crippen LogP contribution is 2.40. The Morgan fingerprint density at radius 3 is 2.20 bits per heavy atom. The van der Waals surface area contributed by atoms with Crippen molar-refractivity contribution >= 4 is 14.2 Å². The molecule has 5 heteroatoms. The van der Waals surface area contributed by atoms with Gasteiger partial charge in [-0.15, -0.1) is 0 Å². The van der Waals surface area contributed by atoms with Crippen molar-refractivity contribution in [2.24, 2.45) is 0 Å². The second-order valence-electron chi connectivity index (χ2n) is 9.75. The molecule has 162 valence electrons. The van der Waals surface area contributed by atoms with Crippen molar-refractivity contribution in [3.63, 3.8) is 0 Å². The Morgan fingerprint density at radius 1 is 1.00 bits per heavy atom. The van der Waals surface area contributed by atoms with Crippen LogP contribution in [-0.4, -0.2) is 38.4 Å². The van der Waals surface area contributed by atoms with E-state index >= 15 is 0 Å². The van der Waals surface area contributed by atoms with E-state index in [0.29, 0.717) is 13.0 Å². The molecule has 4 nitrogen and oxygen atoms in total. The fourth-order valence-corrected chi connectivity index (χ4v) is 5.07. The van der Waals surface area contributed by atoms with Crippen LogP contribution < -0.4 is 4.74 Å². The summed E-state index contributed by atoms with van der Waals surface area (Å²) >= 11 is 0. The molecule has 1 saturated heterocycles. The Balaban J connectivity index is 1.86. The van der Waals surface area contributed by atoms with Gasteiger partial charge in [-0.05, 0) is 47.8 Å². The second-order valence-corrected chi connectivity index (χ2v) is 14.5. The van der Waals surface area contributed by atoms with Crippen LogP contribution >= 0.6 is 0 Å². The lowest BCUT2D eigenvalue weighted by Crippen LogP contribution is -2.48. The number of rotatable bonds is 7. The van der Waals surface area contributed by atoms with E-state index in [-0.39, 0.29) is 23.1 Å². The molecule has 1 heterocycles. The zero-order chi connectivity index (χ0) is 21.9. The Bertz CT molecular complexity index is 843. The highest BCUT2D eigenvalue weighted by molar-refractivity contribution is 6.74. The first-order valence-electron chi connectivity index (χ1n) is 10.7. The molecule has 0 aromatic heterocycles. The van der Waals surface area contributed by atoms with Gasteiger partial charge in [0.05, 0.1) is 25.7 Å². The molecule has 0 bridgehead atoms. The van der Waals surface area contributed by atoms with Crippen LogP contribution in [0.5, 0.6) is 5.75 Å². The lowest BCUT2D eigenvalue weighted by atomic mass is 10.0. The summed E-state index contributed by atoms with van der Waals surface area (Å²) in [5, 5.41) is 0.108. The van der Waals surface area contributed by atoms with Gasteiger partial charge in [0, 0.05) is 6.54 Å². The molecule has 1 aliphatic heterocycles. The molecule has 1 fully saturated rings. The Hall–Kier alpha value is -2.11. The third kappa shape index (κ3) is 5.13. The average Bonchev–Trinajstić information content (AvgIpc) is 2.96. The second kappa shape index (κ2) is 8.94. The van der Waals surface area contributed by atoms with Gasteiger partial charge in [0.2, 0.25) is 5.91 Å². The fraction of sp³-hybridized carbons (Fsp3) is 0.480. The lowest BCUT2D eigenvalue weighted by molar-refractivity contribution is -0.129. The van der Waals surface area contributed by atoms with E-state index in [1.54, 1.807) is 7.11 Å². The first kappa shape index (κ1) is 22.6. The van der Waals surface area contributed by atoms with Crippen molar-refractivity contribution in [1.29, 1.82) is 0 Å². The van der Waals surface area contributed by atoms with Crippen molar-refractivity contribution < 1.29 is 14.0 Å². The Kier molecular flexibility index (Phi) is 6.73. The minimum atomic E-state index is -1.99. The summed E-state index contributed by atoms with van der Waals surface area (Å²) in [4.78, 5) is 15.1. The summed E-state index contributed by atoms with van der Waals surface area (Å²) in [6, 6.07) is 18.4. The van der Waals surface area contributed by atoms with Crippen LogP contribution in [0.3, 0.4) is 0 Å². The van der Waals surface area contributed by atoms with E-state index in [0.717, 1.165) is 17.7 Å². The molecule has 0 spiro atoms.